The standard InChI is InChI=1S/C71H137NO5/c1-3-5-7-9-11-13-15-17-19-20-30-33-36-39-43-47-51-55-59-63-69(74)68(67-73)72-70(75)64-60-56-52-48-44-40-37-34-31-28-26-24-22-21-23-25-27-29-32-35-38-42-46-50-54-58-62-66-77-71(76)65-61-57-53-49-45-41-18-16-14-12-10-8-6-4-2/h16,18,21-22,68-69,73-74H,3-15,17,19-20,23-67H2,1-2H3,(H,72,75)/b18-16-,22-21-. The number of amides is 1. The van der Waals surface area contributed by atoms with E-state index < -0.39 is 12.1 Å². The van der Waals surface area contributed by atoms with Gasteiger partial charge in [0.2, 0.25) is 5.91 Å². The first-order valence-corrected chi connectivity index (χ1v) is 35.1. The molecule has 0 fully saturated rings. The van der Waals surface area contributed by atoms with Gasteiger partial charge in [-0.3, -0.25) is 9.59 Å². The number of aliphatic hydroxyl groups excluding tert-OH is 2. The van der Waals surface area contributed by atoms with Crippen LogP contribution in [0, 0.1) is 0 Å². The van der Waals surface area contributed by atoms with Crippen LogP contribution in [0.2, 0.25) is 0 Å². The van der Waals surface area contributed by atoms with Crippen LogP contribution in [0.4, 0.5) is 0 Å². The lowest BCUT2D eigenvalue weighted by molar-refractivity contribution is -0.143. The number of hydrogen-bond acceptors (Lipinski definition) is 5. The van der Waals surface area contributed by atoms with Crippen LogP contribution in [0.15, 0.2) is 24.3 Å². The summed E-state index contributed by atoms with van der Waals surface area (Å²) in [5.41, 5.74) is 0. The Labute approximate surface area is 481 Å². The topological polar surface area (TPSA) is 95.9 Å². The zero-order chi connectivity index (χ0) is 55.7. The van der Waals surface area contributed by atoms with Gasteiger partial charge in [0.15, 0.2) is 0 Å². The van der Waals surface area contributed by atoms with Gasteiger partial charge in [0.25, 0.3) is 0 Å². The van der Waals surface area contributed by atoms with Crippen molar-refractivity contribution in [2.45, 2.75) is 405 Å². The fourth-order valence-corrected chi connectivity index (χ4v) is 11.1. The van der Waals surface area contributed by atoms with E-state index in [1.807, 2.05) is 0 Å². The Bertz CT molecular complexity index is 1200. The van der Waals surface area contributed by atoms with Gasteiger partial charge in [0.1, 0.15) is 0 Å². The van der Waals surface area contributed by atoms with E-state index in [0.29, 0.717) is 25.9 Å². The van der Waals surface area contributed by atoms with Gasteiger partial charge in [-0.1, -0.05) is 327 Å². The summed E-state index contributed by atoms with van der Waals surface area (Å²) < 4.78 is 5.48. The highest BCUT2D eigenvalue weighted by Gasteiger charge is 2.20. The first kappa shape index (κ1) is 75.3. The van der Waals surface area contributed by atoms with Crippen molar-refractivity contribution in [3.05, 3.63) is 24.3 Å². The van der Waals surface area contributed by atoms with Crippen LogP contribution < -0.4 is 5.32 Å². The molecule has 0 saturated heterocycles. The molecule has 6 heteroatoms. The van der Waals surface area contributed by atoms with Gasteiger partial charge in [-0.15, -0.1) is 0 Å². The maximum absolute atomic E-state index is 12.5. The molecule has 0 aliphatic heterocycles. The van der Waals surface area contributed by atoms with Crippen LogP contribution >= 0.6 is 0 Å². The second-order valence-corrected chi connectivity index (χ2v) is 24.2. The summed E-state index contributed by atoms with van der Waals surface area (Å²) in [5, 5.41) is 23.4. The number of nitrogens with one attached hydrogen (secondary N) is 1. The zero-order valence-electron chi connectivity index (χ0n) is 52.2. The Morgan fingerprint density at radius 1 is 0.351 bits per heavy atom. The molecule has 0 aromatic rings. The summed E-state index contributed by atoms with van der Waals surface area (Å²) in [6, 6.07) is -0.543. The van der Waals surface area contributed by atoms with Gasteiger partial charge in [-0.25, -0.2) is 0 Å². The molecule has 0 aliphatic rings. The molecule has 0 aromatic carbocycles. The molecule has 0 heterocycles. The van der Waals surface area contributed by atoms with Gasteiger partial charge < -0.3 is 20.3 Å². The van der Waals surface area contributed by atoms with Crippen LogP contribution in [0.3, 0.4) is 0 Å². The molecule has 0 radical (unpaired) electrons. The van der Waals surface area contributed by atoms with E-state index in [2.05, 4.69) is 43.5 Å². The summed E-state index contributed by atoms with van der Waals surface area (Å²) in [6.45, 7) is 4.98. The van der Waals surface area contributed by atoms with Crippen LogP contribution in [0.25, 0.3) is 0 Å². The van der Waals surface area contributed by atoms with Crippen molar-refractivity contribution >= 4 is 11.9 Å². The molecule has 77 heavy (non-hydrogen) atoms. The Morgan fingerprint density at radius 3 is 0.922 bits per heavy atom. The molecule has 0 rings (SSSR count). The zero-order valence-corrected chi connectivity index (χ0v) is 52.2. The maximum atomic E-state index is 12.5. The lowest BCUT2D eigenvalue weighted by Gasteiger charge is -2.22. The summed E-state index contributed by atoms with van der Waals surface area (Å²) >= 11 is 0. The second-order valence-electron chi connectivity index (χ2n) is 24.2. The largest absolute Gasteiger partial charge is 0.466 e. The Morgan fingerprint density at radius 2 is 0.610 bits per heavy atom. The fraction of sp³-hybridized carbons (Fsp3) is 0.915. The molecular formula is C71H137NO5. The van der Waals surface area contributed by atoms with Crippen molar-refractivity contribution in [2.24, 2.45) is 0 Å². The number of carbonyl (C=O) groups is 2. The smallest absolute Gasteiger partial charge is 0.305 e. The van der Waals surface area contributed by atoms with E-state index in [-0.39, 0.29) is 18.5 Å². The number of allylic oxidation sites excluding steroid dienone is 4. The van der Waals surface area contributed by atoms with Gasteiger partial charge in [-0.2, -0.15) is 0 Å². The molecule has 0 spiro atoms. The van der Waals surface area contributed by atoms with E-state index in [1.54, 1.807) is 0 Å². The second kappa shape index (κ2) is 66.8. The first-order chi connectivity index (χ1) is 38.0. The molecule has 0 aromatic heterocycles. The van der Waals surface area contributed by atoms with Crippen molar-refractivity contribution in [1.82, 2.24) is 5.32 Å². The van der Waals surface area contributed by atoms with E-state index in [1.165, 1.54) is 315 Å². The number of rotatable bonds is 66. The highest BCUT2D eigenvalue weighted by Crippen LogP contribution is 2.19. The molecule has 1 amide bonds. The minimum atomic E-state index is -0.665. The van der Waals surface area contributed by atoms with Crippen molar-refractivity contribution in [3.63, 3.8) is 0 Å². The fourth-order valence-electron chi connectivity index (χ4n) is 11.1. The van der Waals surface area contributed by atoms with Crippen molar-refractivity contribution in [1.29, 1.82) is 0 Å². The van der Waals surface area contributed by atoms with Crippen LogP contribution in [-0.4, -0.2) is 47.4 Å². The molecule has 456 valence electrons. The first-order valence-electron chi connectivity index (χ1n) is 35.1. The quantitative estimate of drug-likeness (QED) is 0.0320. The van der Waals surface area contributed by atoms with E-state index in [4.69, 9.17) is 4.74 Å². The van der Waals surface area contributed by atoms with Crippen LogP contribution in [0.1, 0.15) is 393 Å². The van der Waals surface area contributed by atoms with E-state index in [9.17, 15) is 19.8 Å². The molecule has 0 aliphatic carbocycles. The third-order valence-corrected chi connectivity index (χ3v) is 16.5. The summed E-state index contributed by atoms with van der Waals surface area (Å²) in [5.74, 6) is -0.0247. The number of hydrogen-bond donors (Lipinski definition) is 3. The molecule has 0 bridgehead atoms. The minimum Gasteiger partial charge on any atom is -0.466 e. The van der Waals surface area contributed by atoms with Gasteiger partial charge in [0, 0.05) is 12.8 Å². The normalized spacial score (nSPS) is 12.6. The van der Waals surface area contributed by atoms with E-state index >= 15 is 0 Å². The number of ether oxygens (including phenoxy) is 1. The molecule has 0 saturated carbocycles. The third-order valence-electron chi connectivity index (χ3n) is 16.5. The lowest BCUT2D eigenvalue weighted by Crippen LogP contribution is -2.45. The summed E-state index contributed by atoms with van der Waals surface area (Å²) in [4.78, 5) is 24.6. The molecule has 6 nitrogen and oxygen atoms in total. The summed E-state index contributed by atoms with van der Waals surface area (Å²) in [7, 11) is 0. The molecule has 2 unspecified atom stereocenters. The number of unbranched alkanes of at least 4 members (excludes halogenated alkanes) is 51. The number of carbonyl (C=O) groups excluding carboxylic acids is 2. The predicted molar refractivity (Wildman–Crippen MR) is 338 cm³/mol. The van der Waals surface area contributed by atoms with Gasteiger partial charge in [0.05, 0.1) is 25.4 Å². The average molecular weight is 1080 g/mol. The Kier molecular flexibility index (Phi) is 65.4. The maximum Gasteiger partial charge on any atom is 0.305 e. The van der Waals surface area contributed by atoms with Crippen molar-refractivity contribution in [3.8, 4) is 0 Å². The number of esters is 1. The van der Waals surface area contributed by atoms with Gasteiger partial charge in [-0.05, 0) is 77.0 Å². The highest BCUT2D eigenvalue weighted by molar-refractivity contribution is 5.76. The highest BCUT2D eigenvalue weighted by atomic mass is 16.5. The summed E-state index contributed by atoms with van der Waals surface area (Å²) in [6.07, 6.45) is 83.6. The Hall–Kier alpha value is -1.66. The molecule has 2 atom stereocenters. The van der Waals surface area contributed by atoms with Crippen LogP contribution in [0.5, 0.6) is 0 Å². The average Bonchev–Trinajstić information content (AvgIpc) is 3.43. The predicted octanol–water partition coefficient (Wildman–Crippen LogP) is 22.5. The van der Waals surface area contributed by atoms with E-state index in [0.717, 1.165) is 44.9 Å². The van der Waals surface area contributed by atoms with Crippen LogP contribution in [-0.2, 0) is 14.3 Å². The minimum absolute atomic E-state index is 0.00726. The Balaban J connectivity index is 3.38. The van der Waals surface area contributed by atoms with Crippen molar-refractivity contribution < 1.29 is 24.5 Å². The lowest BCUT2D eigenvalue weighted by atomic mass is 10.0. The van der Waals surface area contributed by atoms with Crippen molar-refractivity contribution in [2.75, 3.05) is 13.2 Å². The SMILES string of the molecule is CCCCCCC/C=C\CCCCCCCC(=O)OCCCCCCCCCCCCCC/C=C\CCCCCCCCCCCCCC(=O)NC(CO)C(O)CCCCCCCCCCCCCCCCCCCCC. The molecular weight excluding hydrogens is 947 g/mol. The number of aliphatic hydroxyl groups is 2. The monoisotopic (exact) mass is 1080 g/mol. The van der Waals surface area contributed by atoms with Gasteiger partial charge >= 0.3 is 5.97 Å². The molecule has 3 N–H and O–H groups in total. The third kappa shape index (κ3) is 63.4.